The minimum atomic E-state index is -0.639. The Kier molecular flexibility index (Phi) is 9.51. The van der Waals surface area contributed by atoms with Crippen LogP contribution in [-0.2, 0) is 42.5 Å². The first-order chi connectivity index (χ1) is 24.1. The monoisotopic (exact) mass is 721 g/mol. The highest BCUT2D eigenvalue weighted by Crippen LogP contribution is 2.45. The molecule has 50 heavy (non-hydrogen) atoms. The number of fused-ring (bicyclic) bond motifs is 2. The Morgan fingerprint density at radius 1 is 1.04 bits per heavy atom. The SMILES string of the molecule is COC(=O)C1CC1NCc1c(OC)cc(OC2CCc3c(-c4cccc(NC(=O)c5nc6c(n5C)CCN(C)C6)c4Cl)cccc32)c(Cl)c1F. The lowest BCUT2D eigenvalue weighted by molar-refractivity contribution is -0.142. The number of hydrogen-bond donors (Lipinski definition) is 2. The van der Waals surface area contributed by atoms with Crippen LogP contribution < -0.4 is 20.1 Å². The number of amides is 1. The highest BCUT2D eigenvalue weighted by atomic mass is 35.5. The Morgan fingerprint density at radius 2 is 1.82 bits per heavy atom. The van der Waals surface area contributed by atoms with E-state index in [2.05, 4.69) is 20.5 Å². The number of hydrogen-bond acceptors (Lipinski definition) is 8. The summed E-state index contributed by atoms with van der Waals surface area (Å²) in [6.07, 6.45) is 2.40. The van der Waals surface area contributed by atoms with Crippen LogP contribution in [0.15, 0.2) is 42.5 Å². The fourth-order valence-corrected chi connectivity index (χ4v) is 7.63. The maximum Gasteiger partial charge on any atom is 0.310 e. The van der Waals surface area contributed by atoms with Gasteiger partial charge in [0.25, 0.3) is 5.91 Å². The zero-order chi connectivity index (χ0) is 35.3. The molecule has 3 unspecified atom stereocenters. The van der Waals surface area contributed by atoms with Crippen molar-refractivity contribution in [1.82, 2.24) is 19.8 Å². The molecular formula is C37H38Cl2FN5O5. The van der Waals surface area contributed by atoms with Crippen LogP contribution in [0.4, 0.5) is 10.1 Å². The molecular weight excluding hydrogens is 684 g/mol. The highest BCUT2D eigenvalue weighted by Gasteiger charge is 2.44. The summed E-state index contributed by atoms with van der Waals surface area (Å²) in [5.74, 6) is -0.676. The van der Waals surface area contributed by atoms with Gasteiger partial charge in [0, 0.05) is 62.0 Å². The second kappa shape index (κ2) is 13.9. The zero-order valence-corrected chi connectivity index (χ0v) is 29.8. The molecule has 3 aliphatic rings. The summed E-state index contributed by atoms with van der Waals surface area (Å²) in [6.45, 7) is 1.75. The minimum absolute atomic E-state index is 0.0932. The van der Waals surface area contributed by atoms with E-state index in [0.29, 0.717) is 48.1 Å². The van der Waals surface area contributed by atoms with Crippen molar-refractivity contribution in [1.29, 1.82) is 0 Å². The number of benzene rings is 3. The molecule has 0 radical (unpaired) electrons. The molecule has 262 valence electrons. The summed E-state index contributed by atoms with van der Waals surface area (Å²) in [6, 6.07) is 13.0. The predicted molar refractivity (Wildman–Crippen MR) is 188 cm³/mol. The Hall–Kier alpha value is -4.16. The van der Waals surface area contributed by atoms with Crippen molar-refractivity contribution in [3.63, 3.8) is 0 Å². The molecule has 0 bridgehead atoms. The number of carbonyl (C=O) groups excluding carboxylic acids is 2. The van der Waals surface area contributed by atoms with E-state index in [1.165, 1.54) is 14.2 Å². The van der Waals surface area contributed by atoms with Crippen LogP contribution >= 0.6 is 23.2 Å². The van der Waals surface area contributed by atoms with Crippen molar-refractivity contribution in [2.75, 3.05) is 33.1 Å². The molecule has 1 aromatic heterocycles. The summed E-state index contributed by atoms with van der Waals surface area (Å²) in [7, 11) is 6.73. The van der Waals surface area contributed by atoms with E-state index >= 15 is 4.39 Å². The second-order valence-electron chi connectivity index (χ2n) is 13.1. The van der Waals surface area contributed by atoms with Crippen LogP contribution in [0.5, 0.6) is 11.5 Å². The molecule has 2 aliphatic carbocycles. The molecule has 1 aliphatic heterocycles. The number of esters is 1. The zero-order valence-electron chi connectivity index (χ0n) is 28.2. The van der Waals surface area contributed by atoms with Crippen molar-refractivity contribution in [2.45, 2.75) is 50.9 Å². The molecule has 1 amide bonds. The predicted octanol–water partition coefficient (Wildman–Crippen LogP) is 6.50. The van der Waals surface area contributed by atoms with Gasteiger partial charge in [-0.15, -0.1) is 0 Å². The van der Waals surface area contributed by atoms with Gasteiger partial charge < -0.3 is 34.3 Å². The van der Waals surface area contributed by atoms with Gasteiger partial charge in [0.05, 0.1) is 36.5 Å². The van der Waals surface area contributed by atoms with E-state index in [-0.39, 0.29) is 46.7 Å². The normalized spacial score (nSPS) is 19.5. The fourth-order valence-electron chi connectivity index (χ4n) is 7.14. The van der Waals surface area contributed by atoms with E-state index in [0.717, 1.165) is 46.6 Å². The average molecular weight is 723 g/mol. The van der Waals surface area contributed by atoms with Gasteiger partial charge in [-0.05, 0) is 49.1 Å². The van der Waals surface area contributed by atoms with Crippen LogP contribution in [0, 0.1) is 11.7 Å². The number of aromatic nitrogens is 2. The Labute approximate surface area is 299 Å². The van der Waals surface area contributed by atoms with Crippen molar-refractivity contribution in [3.05, 3.63) is 92.2 Å². The lowest BCUT2D eigenvalue weighted by Crippen LogP contribution is -2.27. The van der Waals surface area contributed by atoms with Crippen molar-refractivity contribution < 1.29 is 28.2 Å². The molecule has 0 spiro atoms. The van der Waals surface area contributed by atoms with Crippen LogP contribution in [-0.4, -0.2) is 60.2 Å². The number of likely N-dealkylation sites (N-methyl/N-ethyl adjacent to an activating group) is 1. The van der Waals surface area contributed by atoms with E-state index < -0.39 is 11.9 Å². The Morgan fingerprint density at radius 3 is 2.60 bits per heavy atom. The highest BCUT2D eigenvalue weighted by molar-refractivity contribution is 6.36. The largest absolute Gasteiger partial charge is 0.496 e. The topological polar surface area (TPSA) is 107 Å². The number of imidazole rings is 1. The molecule has 7 rings (SSSR count). The first-order valence-corrected chi connectivity index (χ1v) is 17.3. The summed E-state index contributed by atoms with van der Waals surface area (Å²) >= 11 is 13.5. The van der Waals surface area contributed by atoms with Gasteiger partial charge in [0.15, 0.2) is 11.6 Å². The Bertz CT molecular complexity index is 2000. The standard InChI is InChI=1S/C37H38Cl2FN5O5/c1-44-14-13-28-27(18-44)42-35(45(28)2)36(46)43-25-10-6-9-22(32(25)38)19-7-5-8-21-20(19)11-12-29(21)50-31-16-30(48-3)24(34(40)33(31)39)17-41-26-15-23(26)37(47)49-4/h5-10,16,23,26,29,41H,11-15,17-18H2,1-4H3,(H,43,46). The molecule has 3 atom stereocenters. The number of anilines is 1. The number of halogens is 3. The lowest BCUT2D eigenvalue weighted by Gasteiger charge is -2.21. The van der Waals surface area contributed by atoms with Crippen LogP contribution in [0.1, 0.15) is 57.6 Å². The third-order valence-corrected chi connectivity index (χ3v) is 10.7. The van der Waals surface area contributed by atoms with Crippen molar-refractivity contribution in [2.24, 2.45) is 13.0 Å². The molecule has 4 aromatic rings. The molecule has 1 saturated carbocycles. The molecule has 2 N–H and O–H groups in total. The number of nitrogens with one attached hydrogen (secondary N) is 2. The lowest BCUT2D eigenvalue weighted by atomic mass is 9.96. The molecule has 1 fully saturated rings. The van der Waals surface area contributed by atoms with Gasteiger partial charge in [0.1, 0.15) is 22.6 Å². The third-order valence-electron chi connectivity index (χ3n) is 9.96. The smallest absolute Gasteiger partial charge is 0.310 e. The third kappa shape index (κ3) is 6.32. The number of carbonyl (C=O) groups is 2. The first kappa shape index (κ1) is 34.3. The molecule has 0 saturated heterocycles. The number of nitrogens with zero attached hydrogens (tertiary/aromatic N) is 3. The molecule has 2 heterocycles. The quantitative estimate of drug-likeness (QED) is 0.179. The van der Waals surface area contributed by atoms with Gasteiger partial charge >= 0.3 is 5.97 Å². The Balaban J connectivity index is 1.10. The van der Waals surface area contributed by atoms with Gasteiger partial charge in [-0.1, -0.05) is 53.5 Å². The van der Waals surface area contributed by atoms with Crippen LogP contribution in [0.3, 0.4) is 0 Å². The van der Waals surface area contributed by atoms with Gasteiger partial charge in [0.2, 0.25) is 0 Å². The molecule has 13 heteroatoms. The number of methoxy groups -OCH3 is 2. The molecule has 3 aromatic carbocycles. The fraction of sp³-hybridized carbons (Fsp3) is 0.378. The number of ether oxygens (including phenoxy) is 3. The minimum Gasteiger partial charge on any atom is -0.496 e. The van der Waals surface area contributed by atoms with Gasteiger partial charge in [-0.25, -0.2) is 9.37 Å². The van der Waals surface area contributed by atoms with E-state index in [9.17, 15) is 9.59 Å². The van der Waals surface area contributed by atoms with Gasteiger partial charge in [-0.2, -0.15) is 0 Å². The van der Waals surface area contributed by atoms with Crippen molar-refractivity contribution in [3.8, 4) is 22.6 Å². The van der Waals surface area contributed by atoms with Crippen LogP contribution in [0.2, 0.25) is 10.0 Å². The van der Waals surface area contributed by atoms with Crippen molar-refractivity contribution >= 4 is 40.8 Å². The van der Waals surface area contributed by atoms with Crippen LogP contribution in [0.25, 0.3) is 11.1 Å². The summed E-state index contributed by atoms with van der Waals surface area (Å²) in [5.41, 5.74) is 6.43. The number of rotatable bonds is 10. The van der Waals surface area contributed by atoms with E-state index in [4.69, 9.17) is 37.4 Å². The first-order valence-electron chi connectivity index (χ1n) is 16.6. The average Bonchev–Trinajstić information content (AvgIpc) is 3.66. The second-order valence-corrected chi connectivity index (χ2v) is 13.8. The molecule has 10 nitrogen and oxygen atoms in total. The van der Waals surface area contributed by atoms with E-state index in [1.807, 2.05) is 49.0 Å². The maximum absolute atomic E-state index is 15.7. The summed E-state index contributed by atoms with van der Waals surface area (Å²) in [5, 5.41) is 6.45. The maximum atomic E-state index is 15.7. The summed E-state index contributed by atoms with van der Waals surface area (Å²) in [4.78, 5) is 32.0. The van der Waals surface area contributed by atoms with Gasteiger partial charge in [-0.3, -0.25) is 9.59 Å². The van der Waals surface area contributed by atoms with E-state index in [1.54, 1.807) is 12.1 Å². The summed E-state index contributed by atoms with van der Waals surface area (Å²) < 4.78 is 34.2.